The molecule has 4 fully saturated rings. The summed E-state index contributed by atoms with van der Waals surface area (Å²) < 4.78 is 78.4. The van der Waals surface area contributed by atoms with Gasteiger partial charge in [-0.2, -0.15) is 0 Å². The Morgan fingerprint density at radius 1 is 0.625 bits per heavy atom. The number of hydrogen-bond acceptors (Lipinski definition) is 17. The summed E-state index contributed by atoms with van der Waals surface area (Å²) in [4.78, 5) is 56.1. The maximum absolute atomic E-state index is 14.6. The number of hydrogen-bond donors (Lipinski definition) is 2. The van der Waals surface area contributed by atoms with Crippen LogP contribution in [-0.2, 0) is 92.9 Å². The normalized spacial score (nSPS) is 27.6. The Hall–Kier alpha value is -7.10. The maximum atomic E-state index is 14.6. The molecule has 2 aliphatic carbocycles. The van der Waals surface area contributed by atoms with Gasteiger partial charge >= 0.3 is 24.0 Å². The van der Waals surface area contributed by atoms with Crippen LogP contribution >= 0.6 is 0 Å². The first-order chi connectivity index (χ1) is 43.0. The van der Waals surface area contributed by atoms with Crippen molar-refractivity contribution in [3.05, 3.63) is 205 Å². The number of amides is 1. The fraction of sp³-hybridized carbons (Fsp3) is 0.457. The van der Waals surface area contributed by atoms with Gasteiger partial charge in [0.25, 0.3) is 0 Å². The predicted octanol–water partition coefficient (Wildman–Crippen LogP) is 10.3. The summed E-state index contributed by atoms with van der Waals surface area (Å²) in [6.07, 6.45) is -6.83. The number of carbonyl (C=O) groups excluding carboxylic acids is 4. The van der Waals surface area contributed by atoms with Crippen LogP contribution in [-0.4, -0.2) is 129 Å². The van der Waals surface area contributed by atoms with Crippen molar-refractivity contribution in [1.82, 2.24) is 5.32 Å². The summed E-state index contributed by atoms with van der Waals surface area (Å²) in [6.45, 7) is 9.60. The van der Waals surface area contributed by atoms with Crippen LogP contribution < -0.4 is 5.32 Å². The average molecular weight is 1210 g/mol. The fourth-order valence-electron chi connectivity index (χ4n) is 12.0. The smallest absolute Gasteiger partial charge is 0.407 e. The zero-order chi connectivity index (χ0) is 61.6. The molecule has 2 heterocycles. The third-order valence-electron chi connectivity index (χ3n) is 16.6. The molecular formula is C70H83NO17. The van der Waals surface area contributed by atoms with Gasteiger partial charge in [0.05, 0.1) is 56.7 Å². The Labute approximate surface area is 515 Å². The topological polar surface area (TPSA) is 211 Å². The van der Waals surface area contributed by atoms with Crippen molar-refractivity contribution >= 4 is 24.0 Å². The quantitative estimate of drug-likeness (QED) is 0.0271. The fourth-order valence-corrected chi connectivity index (χ4v) is 12.0. The Balaban J connectivity index is 1.09. The number of rotatable bonds is 28. The summed E-state index contributed by atoms with van der Waals surface area (Å²) in [7, 11) is 1.31. The molecule has 15 atom stereocenters. The van der Waals surface area contributed by atoms with Crippen LogP contribution in [0.5, 0.6) is 0 Å². The van der Waals surface area contributed by atoms with E-state index in [4.69, 9.17) is 56.8 Å². The van der Waals surface area contributed by atoms with Crippen molar-refractivity contribution < 1.29 is 81.1 Å². The highest BCUT2D eigenvalue weighted by Gasteiger charge is 2.55. The summed E-state index contributed by atoms with van der Waals surface area (Å²) in [5, 5.41) is 15.5. The highest BCUT2D eigenvalue weighted by molar-refractivity contribution is 5.89. The third kappa shape index (κ3) is 18.3. The SMILES string of the molecule is C=CCOC(=O)NC1C(O[C@@H](CC2CCCCC2)C(=O)OCc2ccccc2)[C@@H](O)[C@H](COC(=O)c2ccccc2)O[C@H]1O[C@@H]1CC(C(=O)OC)CC(C=C)[C@H]1OC1O[C@@H](C)[C@H](OCc2ccccc2)C(OCc2ccccc2)[C@@H]1OCc1ccccc1. The van der Waals surface area contributed by atoms with E-state index in [9.17, 15) is 24.3 Å². The van der Waals surface area contributed by atoms with E-state index >= 15 is 0 Å². The summed E-state index contributed by atoms with van der Waals surface area (Å²) in [6, 6.07) is 45.3. The second-order valence-electron chi connectivity index (χ2n) is 22.8. The molecule has 2 saturated carbocycles. The molecule has 0 bridgehead atoms. The van der Waals surface area contributed by atoms with E-state index < -0.39 is 122 Å². The van der Waals surface area contributed by atoms with Gasteiger partial charge < -0.3 is 67.3 Å². The van der Waals surface area contributed by atoms with Crippen molar-refractivity contribution in [3.8, 4) is 0 Å². The zero-order valence-electron chi connectivity index (χ0n) is 50.1. The molecule has 2 aliphatic heterocycles. The second-order valence-corrected chi connectivity index (χ2v) is 22.8. The van der Waals surface area contributed by atoms with E-state index in [1.54, 1.807) is 36.4 Å². The predicted molar refractivity (Wildman–Crippen MR) is 324 cm³/mol. The number of aliphatic hydroxyl groups excluding tert-OH is 1. The van der Waals surface area contributed by atoms with E-state index in [2.05, 4.69) is 18.5 Å². The molecule has 88 heavy (non-hydrogen) atoms. The summed E-state index contributed by atoms with van der Waals surface area (Å²) in [5.74, 6) is -3.28. The van der Waals surface area contributed by atoms with Crippen LogP contribution in [0.3, 0.4) is 0 Å². The van der Waals surface area contributed by atoms with Gasteiger partial charge in [0.1, 0.15) is 62.5 Å². The molecule has 1 amide bonds. The van der Waals surface area contributed by atoms with Crippen LogP contribution in [0.2, 0.25) is 0 Å². The molecule has 18 nitrogen and oxygen atoms in total. The van der Waals surface area contributed by atoms with Crippen LogP contribution in [0, 0.1) is 17.8 Å². The molecular weight excluding hydrogens is 1130 g/mol. The Morgan fingerprint density at radius 3 is 1.75 bits per heavy atom. The van der Waals surface area contributed by atoms with Crippen LogP contribution in [0.1, 0.15) is 90.9 Å². The Bertz CT molecular complexity index is 2940. The summed E-state index contributed by atoms with van der Waals surface area (Å²) in [5.41, 5.74) is 3.72. The maximum Gasteiger partial charge on any atom is 0.407 e. The van der Waals surface area contributed by atoms with Gasteiger partial charge in [-0.05, 0) is 66.5 Å². The van der Waals surface area contributed by atoms with Crippen LogP contribution in [0.25, 0.3) is 0 Å². The van der Waals surface area contributed by atoms with Crippen molar-refractivity contribution in [1.29, 1.82) is 0 Å². The molecule has 0 radical (unpaired) electrons. The lowest BCUT2D eigenvalue weighted by Gasteiger charge is -2.50. The van der Waals surface area contributed by atoms with Gasteiger partial charge in [0.2, 0.25) is 0 Å². The first kappa shape index (κ1) is 65.3. The lowest BCUT2D eigenvalue weighted by Crippen LogP contribution is -2.67. The average Bonchev–Trinajstić information content (AvgIpc) is 2.18. The van der Waals surface area contributed by atoms with Crippen LogP contribution in [0.4, 0.5) is 4.79 Å². The summed E-state index contributed by atoms with van der Waals surface area (Å²) >= 11 is 0. The molecule has 0 spiro atoms. The number of alkyl carbamates (subject to hydrolysis) is 1. The number of carbonyl (C=O) groups is 4. The number of methoxy groups -OCH3 is 1. The van der Waals surface area contributed by atoms with Gasteiger partial charge in [-0.3, -0.25) is 4.79 Å². The first-order valence-corrected chi connectivity index (χ1v) is 30.6. The molecule has 9 rings (SSSR count). The minimum atomic E-state index is -1.70. The molecule has 5 aromatic rings. The van der Waals surface area contributed by atoms with E-state index in [1.165, 1.54) is 13.2 Å². The number of ether oxygens (including phenoxy) is 12. The van der Waals surface area contributed by atoms with Gasteiger partial charge in [-0.1, -0.05) is 190 Å². The minimum absolute atomic E-state index is 0.0262. The van der Waals surface area contributed by atoms with E-state index in [-0.39, 0.29) is 63.8 Å². The highest BCUT2D eigenvalue weighted by Crippen LogP contribution is 2.41. The minimum Gasteiger partial charge on any atom is -0.469 e. The van der Waals surface area contributed by atoms with Gasteiger partial charge in [0.15, 0.2) is 18.7 Å². The number of aliphatic hydroxyl groups is 1. The molecule has 6 unspecified atom stereocenters. The molecule has 2 N–H and O–H groups in total. The van der Waals surface area contributed by atoms with E-state index in [0.717, 1.165) is 54.4 Å². The molecule has 18 heteroatoms. The number of benzene rings is 5. The number of esters is 3. The molecule has 2 saturated heterocycles. The highest BCUT2D eigenvalue weighted by atomic mass is 16.7. The van der Waals surface area contributed by atoms with Crippen LogP contribution in [0.15, 0.2) is 177 Å². The van der Waals surface area contributed by atoms with E-state index in [1.807, 2.05) is 128 Å². The lowest BCUT2D eigenvalue weighted by molar-refractivity contribution is -0.349. The van der Waals surface area contributed by atoms with E-state index in [0.29, 0.717) is 0 Å². The lowest BCUT2D eigenvalue weighted by atomic mass is 9.77. The first-order valence-electron chi connectivity index (χ1n) is 30.6. The third-order valence-corrected chi connectivity index (χ3v) is 16.6. The van der Waals surface area contributed by atoms with Crippen molar-refractivity contribution in [2.45, 2.75) is 164 Å². The molecule has 0 aromatic heterocycles. The molecule has 4 aliphatic rings. The van der Waals surface area contributed by atoms with Gasteiger partial charge in [-0.15, -0.1) is 6.58 Å². The molecule has 470 valence electrons. The standard InChI is InChI=1S/C70H83NO17/c1-5-37-78-70(76)71-58-62(85-56(38-47-25-13-7-14-26-47)67(75)82-44-51-33-21-11-22-34-51)59(72)57(45-83-66(74)53-35-23-12-24-36-53)87-68(58)86-55-40-54(65(73)77-4)39-52(6-2)61(55)88-69-64(81-43-50-31-19-10-20-32-50)63(80-42-49-29-17-9-18-30-49)60(46(3)84-69)79-41-48-27-15-8-16-28-48/h5-6,8-12,15-24,27-36,46-47,52,54-64,68-69,72H,1-2,7,13-14,25-26,37-45H2,3-4H3,(H,71,76)/t46-,52?,54?,55+,56-,57-,58?,59-,60-,61+,62?,63?,64-,68+,69?/m0/s1. The molecule has 5 aromatic carbocycles. The second kappa shape index (κ2) is 33.5. The largest absolute Gasteiger partial charge is 0.469 e. The van der Waals surface area contributed by atoms with Gasteiger partial charge in [0, 0.05) is 5.92 Å². The zero-order valence-corrected chi connectivity index (χ0v) is 50.1. The number of nitrogens with one attached hydrogen (secondary N) is 1. The monoisotopic (exact) mass is 1210 g/mol. The Morgan fingerprint density at radius 2 is 1.18 bits per heavy atom. The van der Waals surface area contributed by atoms with Crippen molar-refractivity contribution in [3.63, 3.8) is 0 Å². The van der Waals surface area contributed by atoms with Crippen molar-refractivity contribution in [2.75, 3.05) is 20.3 Å². The van der Waals surface area contributed by atoms with Gasteiger partial charge in [-0.25, -0.2) is 14.4 Å². The van der Waals surface area contributed by atoms with Crippen molar-refractivity contribution in [2.24, 2.45) is 17.8 Å². The Kier molecular flexibility index (Phi) is 24.9.